The van der Waals surface area contributed by atoms with Gasteiger partial charge in [0.1, 0.15) is 0 Å². The van der Waals surface area contributed by atoms with E-state index in [1.54, 1.807) is 60.9 Å². The average Bonchev–Trinajstić information content (AvgIpc) is 2.83. The molecule has 0 unspecified atom stereocenters. The van der Waals surface area contributed by atoms with E-state index in [9.17, 15) is 19.2 Å². The van der Waals surface area contributed by atoms with Crippen LogP contribution in [0.1, 0.15) is 0 Å². The lowest BCUT2D eigenvalue weighted by atomic mass is 10.1. The maximum absolute atomic E-state index is 11.6. The standard InChI is InChI=1S/C24H18N4O6/c29-20(9-11-22(31)32)27-18-5-1-15(2-6-18)17-13-25-24(26-14-17)16-3-7-19(8-4-16)28-21(30)10-12-23(33)34/h1-14H,(H,27,29)(H,28,30)(H,31,32)(H,33,34)/b11-9+,12-10+. The summed E-state index contributed by atoms with van der Waals surface area (Å²) >= 11 is 0. The Kier molecular flexibility index (Phi) is 7.59. The summed E-state index contributed by atoms with van der Waals surface area (Å²) in [5.74, 6) is -3.05. The molecule has 0 fully saturated rings. The number of anilines is 2. The van der Waals surface area contributed by atoms with E-state index in [4.69, 9.17) is 10.2 Å². The molecule has 10 heteroatoms. The first-order valence-corrected chi connectivity index (χ1v) is 9.77. The van der Waals surface area contributed by atoms with Crippen LogP contribution >= 0.6 is 0 Å². The van der Waals surface area contributed by atoms with Crippen LogP contribution in [0.15, 0.2) is 85.2 Å². The molecule has 3 rings (SSSR count). The molecule has 0 saturated heterocycles. The number of carbonyl (C=O) groups is 4. The Labute approximate surface area is 193 Å². The predicted molar refractivity (Wildman–Crippen MR) is 124 cm³/mol. The maximum Gasteiger partial charge on any atom is 0.328 e. The molecule has 0 bridgehead atoms. The van der Waals surface area contributed by atoms with E-state index in [1.165, 1.54) is 0 Å². The molecule has 170 valence electrons. The number of aliphatic carboxylic acids is 2. The molecule has 34 heavy (non-hydrogen) atoms. The minimum Gasteiger partial charge on any atom is -0.478 e. The molecule has 1 aromatic heterocycles. The molecule has 0 atom stereocenters. The second kappa shape index (κ2) is 11.0. The van der Waals surface area contributed by atoms with Crippen LogP contribution < -0.4 is 10.6 Å². The number of nitrogens with zero attached hydrogens (tertiary/aromatic N) is 2. The smallest absolute Gasteiger partial charge is 0.328 e. The van der Waals surface area contributed by atoms with E-state index < -0.39 is 23.8 Å². The Morgan fingerprint density at radius 3 is 1.41 bits per heavy atom. The van der Waals surface area contributed by atoms with Crippen molar-refractivity contribution in [2.75, 3.05) is 10.6 Å². The van der Waals surface area contributed by atoms with Crippen molar-refractivity contribution in [2.24, 2.45) is 0 Å². The van der Waals surface area contributed by atoms with Gasteiger partial charge in [0, 0.05) is 59.2 Å². The van der Waals surface area contributed by atoms with E-state index in [2.05, 4.69) is 20.6 Å². The summed E-state index contributed by atoms with van der Waals surface area (Å²) in [6, 6.07) is 13.6. The van der Waals surface area contributed by atoms with Crippen LogP contribution in [0.4, 0.5) is 11.4 Å². The van der Waals surface area contributed by atoms with Crippen LogP contribution in [0.2, 0.25) is 0 Å². The largest absolute Gasteiger partial charge is 0.478 e. The van der Waals surface area contributed by atoms with E-state index in [0.29, 0.717) is 17.2 Å². The third-order valence-corrected chi connectivity index (χ3v) is 4.30. The lowest BCUT2D eigenvalue weighted by Crippen LogP contribution is -2.08. The van der Waals surface area contributed by atoms with Gasteiger partial charge in [-0.25, -0.2) is 19.6 Å². The van der Waals surface area contributed by atoms with Gasteiger partial charge in [0.05, 0.1) is 0 Å². The molecule has 0 radical (unpaired) electrons. The Bertz CT molecular complexity index is 1160. The first kappa shape index (κ1) is 23.5. The molecule has 0 spiro atoms. The molecule has 4 N–H and O–H groups in total. The van der Waals surface area contributed by atoms with E-state index in [1.807, 2.05) is 0 Å². The first-order chi connectivity index (χ1) is 16.3. The van der Waals surface area contributed by atoms with Gasteiger partial charge in [0.25, 0.3) is 0 Å². The van der Waals surface area contributed by atoms with Crippen molar-refractivity contribution in [3.05, 3.63) is 85.2 Å². The normalized spacial score (nSPS) is 10.8. The molecule has 2 aromatic carbocycles. The van der Waals surface area contributed by atoms with Crippen LogP contribution in [-0.4, -0.2) is 43.9 Å². The molecule has 0 aliphatic rings. The molecular formula is C24H18N4O6. The second-order valence-electron chi connectivity index (χ2n) is 6.77. The van der Waals surface area contributed by atoms with Gasteiger partial charge in [-0.15, -0.1) is 0 Å². The Hall–Kier alpha value is -5.12. The van der Waals surface area contributed by atoms with E-state index >= 15 is 0 Å². The zero-order valence-electron chi connectivity index (χ0n) is 17.5. The highest BCUT2D eigenvalue weighted by molar-refractivity contribution is 6.03. The maximum atomic E-state index is 11.6. The number of hydrogen-bond acceptors (Lipinski definition) is 6. The van der Waals surface area contributed by atoms with Crippen LogP contribution in [-0.2, 0) is 19.2 Å². The average molecular weight is 458 g/mol. The van der Waals surface area contributed by atoms with Gasteiger partial charge in [-0.2, -0.15) is 0 Å². The summed E-state index contributed by atoms with van der Waals surface area (Å²) in [5, 5.41) is 22.2. The van der Waals surface area contributed by atoms with Crippen molar-refractivity contribution in [1.29, 1.82) is 0 Å². The molecule has 10 nitrogen and oxygen atoms in total. The lowest BCUT2D eigenvalue weighted by Gasteiger charge is -2.07. The summed E-state index contributed by atoms with van der Waals surface area (Å²) < 4.78 is 0. The zero-order valence-corrected chi connectivity index (χ0v) is 17.5. The third-order valence-electron chi connectivity index (χ3n) is 4.30. The van der Waals surface area contributed by atoms with E-state index in [-0.39, 0.29) is 0 Å². The number of rotatable bonds is 8. The van der Waals surface area contributed by atoms with Crippen LogP contribution in [0, 0.1) is 0 Å². The van der Waals surface area contributed by atoms with Crippen molar-refractivity contribution >= 4 is 35.1 Å². The quantitative estimate of drug-likeness (QED) is 0.375. The van der Waals surface area contributed by atoms with Crippen molar-refractivity contribution in [2.45, 2.75) is 0 Å². The summed E-state index contributed by atoms with van der Waals surface area (Å²) in [5.41, 5.74) is 3.29. The van der Waals surface area contributed by atoms with Gasteiger partial charge in [-0.05, 0) is 42.0 Å². The number of amides is 2. The van der Waals surface area contributed by atoms with Gasteiger partial charge < -0.3 is 20.8 Å². The van der Waals surface area contributed by atoms with Gasteiger partial charge in [-0.1, -0.05) is 12.1 Å². The van der Waals surface area contributed by atoms with Gasteiger partial charge >= 0.3 is 11.9 Å². The van der Waals surface area contributed by atoms with Crippen molar-refractivity contribution in [3.63, 3.8) is 0 Å². The molecule has 0 aliphatic heterocycles. The number of benzene rings is 2. The topological polar surface area (TPSA) is 159 Å². The second-order valence-corrected chi connectivity index (χ2v) is 6.77. The van der Waals surface area contributed by atoms with Gasteiger partial charge in [0.2, 0.25) is 11.8 Å². The lowest BCUT2D eigenvalue weighted by molar-refractivity contribution is -0.132. The number of hydrogen-bond donors (Lipinski definition) is 4. The number of aromatic nitrogens is 2. The predicted octanol–water partition coefficient (Wildman–Crippen LogP) is 2.97. The highest BCUT2D eigenvalue weighted by Crippen LogP contribution is 2.23. The zero-order chi connectivity index (χ0) is 24.5. The number of nitrogens with one attached hydrogen (secondary N) is 2. The molecule has 3 aromatic rings. The van der Waals surface area contributed by atoms with Crippen LogP contribution in [0.3, 0.4) is 0 Å². The summed E-state index contributed by atoms with van der Waals surface area (Å²) in [4.78, 5) is 52.9. The Morgan fingerprint density at radius 2 is 1.00 bits per heavy atom. The van der Waals surface area contributed by atoms with Crippen molar-refractivity contribution in [3.8, 4) is 22.5 Å². The van der Waals surface area contributed by atoms with Crippen molar-refractivity contribution < 1.29 is 29.4 Å². The highest BCUT2D eigenvalue weighted by atomic mass is 16.4. The summed E-state index contributed by atoms with van der Waals surface area (Å²) in [7, 11) is 0. The first-order valence-electron chi connectivity index (χ1n) is 9.77. The molecule has 0 aliphatic carbocycles. The monoisotopic (exact) mass is 458 g/mol. The fourth-order valence-electron chi connectivity index (χ4n) is 2.74. The van der Waals surface area contributed by atoms with E-state index in [0.717, 1.165) is 41.0 Å². The summed E-state index contributed by atoms with van der Waals surface area (Å²) in [6.07, 6.45) is 6.67. The van der Waals surface area contributed by atoms with Crippen LogP contribution in [0.25, 0.3) is 22.5 Å². The number of carbonyl (C=O) groups excluding carboxylic acids is 2. The highest BCUT2D eigenvalue weighted by Gasteiger charge is 2.06. The SMILES string of the molecule is O=C(O)/C=C/C(=O)Nc1ccc(-c2cnc(-c3ccc(NC(=O)/C=C/C(=O)O)cc3)nc2)cc1. The number of carboxylic acid groups (broad SMARTS) is 2. The fraction of sp³-hybridized carbons (Fsp3) is 0. The summed E-state index contributed by atoms with van der Waals surface area (Å²) in [6.45, 7) is 0. The van der Waals surface area contributed by atoms with Crippen LogP contribution in [0.5, 0.6) is 0 Å². The Balaban J connectivity index is 1.63. The third kappa shape index (κ3) is 6.95. The molecule has 2 amide bonds. The van der Waals surface area contributed by atoms with Crippen molar-refractivity contribution in [1.82, 2.24) is 9.97 Å². The molecular weight excluding hydrogens is 440 g/mol. The minimum absolute atomic E-state index is 0.474. The minimum atomic E-state index is -1.21. The molecule has 1 heterocycles. The Morgan fingerprint density at radius 1 is 0.588 bits per heavy atom. The van der Waals surface area contributed by atoms with Gasteiger partial charge in [0.15, 0.2) is 5.82 Å². The van der Waals surface area contributed by atoms with Gasteiger partial charge in [-0.3, -0.25) is 9.59 Å². The number of carboxylic acids is 2. The fourth-order valence-corrected chi connectivity index (χ4v) is 2.74. The molecule has 0 saturated carbocycles.